The average Bonchev–Trinajstić information content (AvgIpc) is 3.06. The molecule has 2 aromatic rings. The number of carbonyl (C=O) groups is 1. The number of nitrogens with zero attached hydrogens (tertiary/aromatic N) is 4. The van der Waals surface area contributed by atoms with E-state index in [1.54, 1.807) is 4.57 Å². The second-order valence-electron chi connectivity index (χ2n) is 6.54. The van der Waals surface area contributed by atoms with Crippen LogP contribution in [0.1, 0.15) is 11.4 Å². The van der Waals surface area contributed by atoms with Gasteiger partial charge in [0.2, 0.25) is 0 Å². The minimum absolute atomic E-state index is 0.0120. The number of benzene rings is 1. The molecule has 1 aromatic carbocycles. The summed E-state index contributed by atoms with van der Waals surface area (Å²) in [7, 11) is 0. The number of carbonyl (C=O) groups excluding carboxylic acids is 1. The number of aliphatic imine (C=N–C) groups is 1. The van der Waals surface area contributed by atoms with Gasteiger partial charge in [0.05, 0.1) is 29.7 Å². The maximum absolute atomic E-state index is 13.3. The van der Waals surface area contributed by atoms with Gasteiger partial charge in [-0.25, -0.2) is 9.37 Å². The summed E-state index contributed by atoms with van der Waals surface area (Å²) in [5.74, 6) is -0.304. The molecule has 6 nitrogen and oxygen atoms in total. The Labute approximate surface area is 167 Å². The standard InChI is InChI=1S/C18H14ClF4N5O/c19-17-13(6-24-7-14(17)29)27-3-4-28-15(8-25-16(28)9-27)26-12-2-1-10(20)5-11(12)18(21,22)23/h1-2,5-6,8,26H,3-4,7,9H2. The zero-order valence-electron chi connectivity index (χ0n) is 14.8. The van der Waals surface area contributed by atoms with Crippen LogP contribution in [-0.2, 0) is 24.1 Å². The Kier molecular flexibility index (Phi) is 4.81. The molecule has 0 amide bonds. The van der Waals surface area contributed by atoms with Crippen molar-refractivity contribution in [1.29, 1.82) is 0 Å². The van der Waals surface area contributed by atoms with Crippen LogP contribution in [0, 0.1) is 5.82 Å². The number of alkyl halides is 3. The molecule has 0 radical (unpaired) electrons. The van der Waals surface area contributed by atoms with Gasteiger partial charge in [0, 0.05) is 19.3 Å². The third-order valence-electron chi connectivity index (χ3n) is 4.67. The molecule has 29 heavy (non-hydrogen) atoms. The van der Waals surface area contributed by atoms with Crippen molar-refractivity contribution in [2.75, 3.05) is 18.4 Å². The summed E-state index contributed by atoms with van der Waals surface area (Å²) in [4.78, 5) is 21.8. The summed E-state index contributed by atoms with van der Waals surface area (Å²) < 4.78 is 54.7. The Morgan fingerprint density at radius 1 is 1.21 bits per heavy atom. The number of halogens is 5. The molecule has 11 heteroatoms. The van der Waals surface area contributed by atoms with E-state index in [-0.39, 0.29) is 23.0 Å². The fourth-order valence-electron chi connectivity index (χ4n) is 3.27. The van der Waals surface area contributed by atoms with Crippen molar-refractivity contribution in [1.82, 2.24) is 14.5 Å². The van der Waals surface area contributed by atoms with E-state index in [0.29, 0.717) is 43.0 Å². The first kappa shape index (κ1) is 19.4. The minimum atomic E-state index is -4.71. The predicted octanol–water partition coefficient (Wildman–Crippen LogP) is 3.70. The summed E-state index contributed by atoms with van der Waals surface area (Å²) >= 11 is 6.10. The Bertz CT molecular complexity index is 1040. The van der Waals surface area contributed by atoms with E-state index < -0.39 is 17.6 Å². The molecule has 2 aliphatic heterocycles. The van der Waals surface area contributed by atoms with Gasteiger partial charge in [-0.1, -0.05) is 11.6 Å². The SMILES string of the molecule is O=C1CN=CC(N2CCn3c(Nc4ccc(F)cc4C(F)(F)F)cnc3C2)=C1Cl. The van der Waals surface area contributed by atoms with Gasteiger partial charge in [-0.3, -0.25) is 9.79 Å². The number of anilines is 2. The summed E-state index contributed by atoms with van der Waals surface area (Å²) in [6, 6.07) is 2.45. The molecule has 1 N–H and O–H groups in total. The van der Waals surface area contributed by atoms with E-state index in [0.717, 1.165) is 12.1 Å². The number of ketones is 1. The minimum Gasteiger partial charge on any atom is -0.360 e. The van der Waals surface area contributed by atoms with Gasteiger partial charge in [-0.2, -0.15) is 13.2 Å². The Morgan fingerprint density at radius 2 is 2.00 bits per heavy atom. The lowest BCUT2D eigenvalue weighted by atomic mass is 10.1. The zero-order valence-corrected chi connectivity index (χ0v) is 15.6. The molecule has 4 rings (SSSR count). The van der Waals surface area contributed by atoms with Gasteiger partial charge in [0.1, 0.15) is 29.0 Å². The fraction of sp³-hybridized carbons (Fsp3) is 0.278. The van der Waals surface area contributed by atoms with Gasteiger partial charge in [-0.15, -0.1) is 0 Å². The predicted molar refractivity (Wildman–Crippen MR) is 98.6 cm³/mol. The second kappa shape index (κ2) is 7.18. The molecule has 3 heterocycles. The van der Waals surface area contributed by atoms with Crippen molar-refractivity contribution < 1.29 is 22.4 Å². The topological polar surface area (TPSA) is 62.5 Å². The summed E-state index contributed by atoms with van der Waals surface area (Å²) in [5.41, 5.74) is -0.858. The fourth-order valence-corrected chi connectivity index (χ4v) is 3.50. The lowest BCUT2D eigenvalue weighted by Crippen LogP contribution is -2.36. The quantitative estimate of drug-likeness (QED) is 0.759. The third kappa shape index (κ3) is 3.71. The number of imidazole rings is 1. The van der Waals surface area contributed by atoms with Crippen LogP contribution in [0.25, 0.3) is 0 Å². The average molecular weight is 428 g/mol. The summed E-state index contributed by atoms with van der Waals surface area (Å²) in [5, 5.41) is 2.81. The normalized spacial score (nSPS) is 17.0. The molecule has 0 spiro atoms. The smallest absolute Gasteiger partial charge is 0.360 e. The highest BCUT2D eigenvalue weighted by molar-refractivity contribution is 6.44. The van der Waals surface area contributed by atoms with E-state index in [1.165, 1.54) is 12.4 Å². The lowest BCUT2D eigenvalue weighted by molar-refractivity contribution is -0.137. The lowest BCUT2D eigenvalue weighted by Gasteiger charge is -2.32. The van der Waals surface area contributed by atoms with Gasteiger partial charge in [-0.05, 0) is 18.2 Å². The summed E-state index contributed by atoms with van der Waals surface area (Å²) in [6.07, 6.45) is -1.75. The van der Waals surface area contributed by atoms with Crippen LogP contribution in [0.4, 0.5) is 29.1 Å². The number of dihydropyridines is 1. The van der Waals surface area contributed by atoms with E-state index in [9.17, 15) is 22.4 Å². The van der Waals surface area contributed by atoms with Crippen molar-refractivity contribution >= 4 is 35.1 Å². The van der Waals surface area contributed by atoms with Crippen molar-refractivity contribution in [3.8, 4) is 0 Å². The molecule has 0 saturated carbocycles. The molecule has 0 bridgehead atoms. The number of allylic oxidation sites excluding steroid dienone is 1. The molecule has 0 atom stereocenters. The van der Waals surface area contributed by atoms with Crippen LogP contribution in [0.3, 0.4) is 0 Å². The van der Waals surface area contributed by atoms with Crippen LogP contribution in [-0.4, -0.2) is 39.5 Å². The van der Waals surface area contributed by atoms with Crippen molar-refractivity contribution in [3.63, 3.8) is 0 Å². The largest absolute Gasteiger partial charge is 0.418 e. The first-order valence-electron chi connectivity index (χ1n) is 8.60. The highest BCUT2D eigenvalue weighted by Gasteiger charge is 2.34. The molecule has 152 valence electrons. The van der Waals surface area contributed by atoms with Gasteiger partial charge in [0.25, 0.3) is 0 Å². The molecular formula is C18H14ClF4N5O. The van der Waals surface area contributed by atoms with E-state index >= 15 is 0 Å². The third-order valence-corrected chi connectivity index (χ3v) is 5.08. The van der Waals surface area contributed by atoms with Crippen molar-refractivity contribution in [3.05, 3.63) is 52.3 Å². The molecule has 0 unspecified atom stereocenters. The zero-order chi connectivity index (χ0) is 20.8. The Morgan fingerprint density at radius 3 is 2.76 bits per heavy atom. The number of Topliss-reactive ketones (excluding diaryl/α,β-unsaturated/α-hetero) is 1. The molecule has 0 fully saturated rings. The van der Waals surface area contributed by atoms with Crippen LogP contribution in [0.2, 0.25) is 0 Å². The van der Waals surface area contributed by atoms with E-state index in [4.69, 9.17) is 11.6 Å². The molecule has 0 saturated heterocycles. The maximum atomic E-state index is 13.3. The first-order chi connectivity index (χ1) is 13.7. The van der Waals surface area contributed by atoms with Gasteiger partial charge in [0.15, 0.2) is 5.78 Å². The molecule has 2 aliphatic rings. The number of nitrogens with one attached hydrogen (secondary N) is 1. The number of fused-ring (bicyclic) bond motifs is 1. The number of aromatic nitrogens is 2. The van der Waals surface area contributed by atoms with Gasteiger partial charge < -0.3 is 14.8 Å². The first-order valence-corrected chi connectivity index (χ1v) is 8.98. The highest BCUT2D eigenvalue weighted by atomic mass is 35.5. The molecule has 0 aliphatic carbocycles. The number of hydrogen-bond donors (Lipinski definition) is 1. The van der Waals surface area contributed by atoms with E-state index in [2.05, 4.69) is 15.3 Å². The van der Waals surface area contributed by atoms with Crippen LogP contribution in [0.15, 0.2) is 40.1 Å². The van der Waals surface area contributed by atoms with Crippen LogP contribution in [0.5, 0.6) is 0 Å². The number of hydrogen-bond acceptors (Lipinski definition) is 5. The monoisotopic (exact) mass is 427 g/mol. The Hall–Kier alpha value is -2.88. The highest BCUT2D eigenvalue weighted by Crippen LogP contribution is 2.37. The second-order valence-corrected chi connectivity index (χ2v) is 6.92. The van der Waals surface area contributed by atoms with Crippen molar-refractivity contribution in [2.45, 2.75) is 19.3 Å². The summed E-state index contributed by atoms with van der Waals surface area (Å²) in [6.45, 7) is 1.18. The molecular weight excluding hydrogens is 414 g/mol. The van der Waals surface area contributed by atoms with Crippen LogP contribution < -0.4 is 5.32 Å². The number of rotatable bonds is 3. The van der Waals surface area contributed by atoms with Gasteiger partial charge >= 0.3 is 6.18 Å². The maximum Gasteiger partial charge on any atom is 0.418 e. The Balaban J connectivity index is 1.60. The van der Waals surface area contributed by atoms with Crippen molar-refractivity contribution in [2.24, 2.45) is 4.99 Å². The molecule has 1 aromatic heterocycles. The van der Waals surface area contributed by atoms with E-state index in [1.807, 2.05) is 4.90 Å². The van der Waals surface area contributed by atoms with Crippen LogP contribution >= 0.6 is 11.6 Å².